The SMILES string of the molecule is CNc1ccc(Cl)cc1C(F)(F)F.Cl. The molecule has 1 aromatic carbocycles. The Balaban J connectivity index is 0.00000169. The van der Waals surface area contributed by atoms with E-state index in [9.17, 15) is 13.2 Å². The maximum atomic E-state index is 12.3. The van der Waals surface area contributed by atoms with Gasteiger partial charge in [0.2, 0.25) is 0 Å². The van der Waals surface area contributed by atoms with Gasteiger partial charge in [0, 0.05) is 17.8 Å². The molecule has 0 atom stereocenters. The van der Waals surface area contributed by atoms with Crippen LogP contribution in [-0.4, -0.2) is 7.05 Å². The van der Waals surface area contributed by atoms with Crippen molar-refractivity contribution in [2.75, 3.05) is 12.4 Å². The van der Waals surface area contributed by atoms with E-state index in [-0.39, 0.29) is 23.1 Å². The van der Waals surface area contributed by atoms with Crippen LogP contribution in [0.3, 0.4) is 0 Å². The molecule has 1 nitrogen and oxygen atoms in total. The quantitative estimate of drug-likeness (QED) is 0.794. The molecule has 0 aliphatic carbocycles. The van der Waals surface area contributed by atoms with Crippen LogP contribution < -0.4 is 5.32 Å². The number of rotatable bonds is 1. The molecule has 6 heteroatoms. The summed E-state index contributed by atoms with van der Waals surface area (Å²) >= 11 is 5.45. The predicted octanol–water partition coefficient (Wildman–Crippen LogP) is 3.82. The van der Waals surface area contributed by atoms with Crippen molar-refractivity contribution in [1.29, 1.82) is 0 Å². The molecule has 1 N–H and O–H groups in total. The summed E-state index contributed by atoms with van der Waals surface area (Å²) in [6, 6.07) is 3.60. The third-order valence-corrected chi connectivity index (χ3v) is 1.79. The van der Waals surface area contributed by atoms with Crippen LogP contribution in [0.4, 0.5) is 18.9 Å². The Labute approximate surface area is 90.7 Å². The highest BCUT2D eigenvalue weighted by Gasteiger charge is 2.33. The first-order valence-corrected chi connectivity index (χ1v) is 3.87. The average Bonchev–Trinajstić information content (AvgIpc) is 2.03. The summed E-state index contributed by atoms with van der Waals surface area (Å²) < 4.78 is 37.0. The second-order valence-corrected chi connectivity index (χ2v) is 2.87. The van der Waals surface area contributed by atoms with Gasteiger partial charge >= 0.3 is 6.18 Å². The van der Waals surface area contributed by atoms with E-state index in [4.69, 9.17) is 11.6 Å². The summed E-state index contributed by atoms with van der Waals surface area (Å²) in [6.07, 6.45) is -4.37. The molecule has 80 valence electrons. The first-order chi connectivity index (χ1) is 5.95. The van der Waals surface area contributed by atoms with Crippen molar-refractivity contribution in [3.63, 3.8) is 0 Å². The van der Waals surface area contributed by atoms with E-state index in [1.165, 1.54) is 19.2 Å². The van der Waals surface area contributed by atoms with Crippen LogP contribution in [0.2, 0.25) is 5.02 Å². The minimum absolute atomic E-state index is 0. The van der Waals surface area contributed by atoms with Crippen molar-refractivity contribution in [1.82, 2.24) is 0 Å². The zero-order valence-corrected chi connectivity index (χ0v) is 8.72. The van der Waals surface area contributed by atoms with Crippen molar-refractivity contribution in [2.24, 2.45) is 0 Å². The van der Waals surface area contributed by atoms with Gasteiger partial charge < -0.3 is 5.32 Å². The first kappa shape index (κ1) is 13.4. The smallest absolute Gasteiger partial charge is 0.388 e. The number of hydrogen-bond acceptors (Lipinski definition) is 1. The highest BCUT2D eigenvalue weighted by Crippen LogP contribution is 2.36. The van der Waals surface area contributed by atoms with E-state index < -0.39 is 11.7 Å². The fourth-order valence-corrected chi connectivity index (χ4v) is 1.14. The summed E-state index contributed by atoms with van der Waals surface area (Å²) in [7, 11) is 1.43. The van der Waals surface area contributed by atoms with Crippen LogP contribution in [-0.2, 0) is 6.18 Å². The molecule has 0 spiro atoms. The third kappa shape index (κ3) is 2.96. The maximum Gasteiger partial charge on any atom is 0.418 e. The Morgan fingerprint density at radius 2 is 1.86 bits per heavy atom. The van der Waals surface area contributed by atoms with Gasteiger partial charge in [0.1, 0.15) is 0 Å². The normalized spacial score (nSPS) is 10.6. The Morgan fingerprint density at radius 1 is 1.29 bits per heavy atom. The van der Waals surface area contributed by atoms with Crippen LogP contribution in [0, 0.1) is 0 Å². The number of halogens is 5. The number of benzene rings is 1. The zero-order valence-electron chi connectivity index (χ0n) is 7.15. The van der Waals surface area contributed by atoms with Gasteiger partial charge in [0.25, 0.3) is 0 Å². The van der Waals surface area contributed by atoms with Crippen molar-refractivity contribution >= 4 is 29.7 Å². The van der Waals surface area contributed by atoms with Crippen molar-refractivity contribution in [3.05, 3.63) is 28.8 Å². The molecule has 0 amide bonds. The molecule has 0 aliphatic heterocycles. The molecule has 1 rings (SSSR count). The molecule has 0 bridgehead atoms. The van der Waals surface area contributed by atoms with Crippen molar-refractivity contribution in [2.45, 2.75) is 6.18 Å². The van der Waals surface area contributed by atoms with Crippen LogP contribution in [0.5, 0.6) is 0 Å². The highest BCUT2D eigenvalue weighted by atomic mass is 35.5. The Bertz CT molecular complexity index is 312. The minimum Gasteiger partial charge on any atom is -0.388 e. The molecule has 0 radical (unpaired) electrons. The van der Waals surface area contributed by atoms with Crippen LogP contribution in [0.15, 0.2) is 18.2 Å². The number of anilines is 1. The lowest BCUT2D eigenvalue weighted by atomic mass is 10.1. The van der Waals surface area contributed by atoms with Gasteiger partial charge in [-0.2, -0.15) is 13.2 Å². The Morgan fingerprint density at radius 3 is 2.29 bits per heavy atom. The van der Waals surface area contributed by atoms with E-state index in [1.54, 1.807) is 0 Å². The lowest BCUT2D eigenvalue weighted by Gasteiger charge is -2.12. The standard InChI is InChI=1S/C8H7ClF3N.ClH/c1-13-7-3-2-5(9)4-6(7)8(10,11)12;/h2-4,13H,1H3;1H. The van der Waals surface area contributed by atoms with Crippen molar-refractivity contribution < 1.29 is 13.2 Å². The van der Waals surface area contributed by atoms with E-state index >= 15 is 0 Å². The fourth-order valence-electron chi connectivity index (χ4n) is 0.969. The van der Waals surface area contributed by atoms with E-state index in [0.717, 1.165) is 6.07 Å². The first-order valence-electron chi connectivity index (χ1n) is 3.49. The second kappa shape index (κ2) is 4.75. The highest BCUT2D eigenvalue weighted by molar-refractivity contribution is 6.30. The molecule has 0 aromatic heterocycles. The van der Waals surface area contributed by atoms with Gasteiger partial charge in [-0.25, -0.2) is 0 Å². The molecule has 0 saturated carbocycles. The zero-order chi connectivity index (χ0) is 10.1. The lowest BCUT2D eigenvalue weighted by Crippen LogP contribution is -2.08. The predicted molar refractivity (Wildman–Crippen MR) is 53.2 cm³/mol. The average molecular weight is 246 g/mol. The molecule has 1 aromatic rings. The molecule has 0 fully saturated rings. The monoisotopic (exact) mass is 245 g/mol. The lowest BCUT2D eigenvalue weighted by molar-refractivity contribution is -0.136. The van der Waals surface area contributed by atoms with E-state index in [1.807, 2.05) is 0 Å². The number of hydrogen-bond donors (Lipinski definition) is 1. The largest absolute Gasteiger partial charge is 0.418 e. The summed E-state index contributed by atoms with van der Waals surface area (Å²) in [6.45, 7) is 0. The molecular weight excluding hydrogens is 238 g/mol. The topological polar surface area (TPSA) is 12.0 Å². The fraction of sp³-hybridized carbons (Fsp3) is 0.250. The molecular formula is C8H8Cl2F3N. The summed E-state index contributed by atoms with van der Waals surface area (Å²) in [5.74, 6) is 0. The maximum absolute atomic E-state index is 12.3. The van der Waals surface area contributed by atoms with Crippen LogP contribution in [0.25, 0.3) is 0 Å². The summed E-state index contributed by atoms with van der Waals surface area (Å²) in [4.78, 5) is 0. The van der Waals surface area contributed by atoms with Crippen molar-refractivity contribution in [3.8, 4) is 0 Å². The Hall–Kier alpha value is -0.610. The molecule has 0 unspecified atom stereocenters. The van der Waals surface area contributed by atoms with Gasteiger partial charge in [-0.1, -0.05) is 11.6 Å². The minimum atomic E-state index is -4.37. The van der Waals surface area contributed by atoms with E-state index in [2.05, 4.69) is 5.32 Å². The van der Waals surface area contributed by atoms with Gasteiger partial charge in [0.05, 0.1) is 5.56 Å². The van der Waals surface area contributed by atoms with Gasteiger partial charge in [-0.15, -0.1) is 12.4 Å². The molecule has 0 aliphatic rings. The second-order valence-electron chi connectivity index (χ2n) is 2.44. The Kier molecular flexibility index (Phi) is 4.55. The van der Waals surface area contributed by atoms with Crippen LogP contribution >= 0.6 is 24.0 Å². The number of alkyl halides is 3. The van der Waals surface area contributed by atoms with E-state index in [0.29, 0.717) is 0 Å². The molecule has 0 heterocycles. The summed E-state index contributed by atoms with van der Waals surface area (Å²) in [5, 5.41) is 2.53. The molecule has 0 saturated heterocycles. The molecule has 14 heavy (non-hydrogen) atoms. The third-order valence-electron chi connectivity index (χ3n) is 1.56. The van der Waals surface area contributed by atoms with Gasteiger partial charge in [-0.3, -0.25) is 0 Å². The summed E-state index contributed by atoms with van der Waals surface area (Å²) in [5.41, 5.74) is -0.723. The van der Waals surface area contributed by atoms with Gasteiger partial charge in [0.15, 0.2) is 0 Å². The van der Waals surface area contributed by atoms with Crippen LogP contribution in [0.1, 0.15) is 5.56 Å². The number of nitrogens with one attached hydrogen (secondary N) is 1. The van der Waals surface area contributed by atoms with Gasteiger partial charge in [-0.05, 0) is 18.2 Å².